The maximum atomic E-state index is 4.49. The fraction of sp³-hybridized carbons (Fsp3) is 0.812. The van der Waals surface area contributed by atoms with E-state index < -0.39 is 0 Å². The molecule has 3 aliphatic carbocycles. The number of rotatable bonds is 2. The Balaban J connectivity index is 1.43. The fourth-order valence-electron chi connectivity index (χ4n) is 5.64. The maximum Gasteiger partial charge on any atom is 0.0951 e. The minimum atomic E-state index is 0.704. The van der Waals surface area contributed by atoms with Crippen LogP contribution in [0.1, 0.15) is 49.8 Å². The van der Waals surface area contributed by atoms with Crippen molar-refractivity contribution in [3.63, 3.8) is 0 Å². The lowest BCUT2D eigenvalue weighted by molar-refractivity contribution is 0.410. The molecule has 19 heavy (non-hydrogen) atoms. The third kappa shape index (κ3) is 1.45. The molecule has 2 heterocycles. The molecule has 5 rings (SSSR count). The number of nitrogens with zero attached hydrogens (tertiary/aromatic N) is 2. The molecular formula is C16H23N3. The Labute approximate surface area is 114 Å². The van der Waals surface area contributed by atoms with Crippen molar-refractivity contribution in [2.45, 2.75) is 44.1 Å². The summed E-state index contributed by atoms with van der Waals surface area (Å²) >= 11 is 0. The molecule has 1 aromatic rings. The van der Waals surface area contributed by atoms with Crippen LogP contribution in [0.5, 0.6) is 0 Å². The molecule has 0 amide bonds. The smallest absolute Gasteiger partial charge is 0.0951 e. The lowest BCUT2D eigenvalue weighted by Gasteiger charge is -2.24. The fourth-order valence-corrected chi connectivity index (χ4v) is 5.64. The first-order valence-electron chi connectivity index (χ1n) is 8.16. The summed E-state index contributed by atoms with van der Waals surface area (Å²) in [6.07, 6.45) is 11.5. The van der Waals surface area contributed by atoms with Crippen molar-refractivity contribution in [1.82, 2.24) is 14.9 Å². The Morgan fingerprint density at radius 3 is 2.74 bits per heavy atom. The van der Waals surface area contributed by atoms with Crippen molar-refractivity contribution >= 4 is 0 Å². The van der Waals surface area contributed by atoms with E-state index in [1.165, 1.54) is 37.9 Å². The van der Waals surface area contributed by atoms with Gasteiger partial charge in [-0.25, -0.2) is 4.98 Å². The second kappa shape index (κ2) is 3.85. The molecule has 5 unspecified atom stereocenters. The van der Waals surface area contributed by atoms with Gasteiger partial charge >= 0.3 is 0 Å². The van der Waals surface area contributed by atoms with Gasteiger partial charge in [-0.05, 0) is 62.3 Å². The number of imidazole rings is 1. The van der Waals surface area contributed by atoms with Crippen LogP contribution in [0.25, 0.3) is 0 Å². The van der Waals surface area contributed by atoms with Crippen LogP contribution in [0.4, 0.5) is 0 Å². The molecule has 102 valence electrons. The van der Waals surface area contributed by atoms with E-state index in [0.29, 0.717) is 5.92 Å². The first-order valence-corrected chi connectivity index (χ1v) is 8.16. The summed E-state index contributed by atoms with van der Waals surface area (Å²) in [6.45, 7) is 2.35. The SMILES string of the molecule is c1ncn(C2C3C4CCC(C4)C32)c1C1CCCNC1. The van der Waals surface area contributed by atoms with Crippen molar-refractivity contribution in [3.05, 3.63) is 18.2 Å². The molecular weight excluding hydrogens is 234 g/mol. The number of piperidine rings is 1. The van der Waals surface area contributed by atoms with E-state index in [1.807, 2.05) is 0 Å². The molecule has 4 aliphatic rings. The van der Waals surface area contributed by atoms with Gasteiger partial charge in [0.2, 0.25) is 0 Å². The van der Waals surface area contributed by atoms with Crippen LogP contribution in [0.15, 0.2) is 12.5 Å². The summed E-state index contributed by atoms with van der Waals surface area (Å²) in [7, 11) is 0. The predicted octanol–water partition coefficient (Wildman–Crippen LogP) is 2.57. The van der Waals surface area contributed by atoms with E-state index >= 15 is 0 Å². The van der Waals surface area contributed by atoms with Gasteiger partial charge in [-0.3, -0.25) is 0 Å². The summed E-state index contributed by atoms with van der Waals surface area (Å²) in [5.74, 6) is 4.85. The zero-order valence-corrected chi connectivity index (χ0v) is 11.5. The van der Waals surface area contributed by atoms with Crippen LogP contribution in [0, 0.1) is 23.7 Å². The van der Waals surface area contributed by atoms with Crippen molar-refractivity contribution in [2.75, 3.05) is 13.1 Å². The van der Waals surface area contributed by atoms with Crippen LogP contribution < -0.4 is 5.32 Å². The van der Waals surface area contributed by atoms with Crippen LogP contribution >= 0.6 is 0 Å². The predicted molar refractivity (Wildman–Crippen MR) is 73.9 cm³/mol. The minimum Gasteiger partial charge on any atom is -0.331 e. The highest BCUT2D eigenvalue weighted by molar-refractivity contribution is 5.20. The second-order valence-corrected chi connectivity index (χ2v) is 7.25. The Kier molecular flexibility index (Phi) is 2.21. The van der Waals surface area contributed by atoms with E-state index in [-0.39, 0.29) is 0 Å². The number of hydrogen-bond acceptors (Lipinski definition) is 2. The normalized spacial score (nSPS) is 47.4. The molecule has 0 radical (unpaired) electrons. The molecule has 3 heteroatoms. The Bertz CT molecular complexity index is 472. The van der Waals surface area contributed by atoms with Gasteiger partial charge < -0.3 is 9.88 Å². The van der Waals surface area contributed by atoms with Crippen LogP contribution in [-0.4, -0.2) is 22.6 Å². The van der Waals surface area contributed by atoms with Gasteiger partial charge in [0.1, 0.15) is 0 Å². The molecule has 0 spiro atoms. The number of aromatic nitrogens is 2. The highest BCUT2D eigenvalue weighted by Crippen LogP contribution is 2.71. The third-order valence-corrected chi connectivity index (χ3v) is 6.43. The van der Waals surface area contributed by atoms with Crippen molar-refractivity contribution in [1.29, 1.82) is 0 Å². The summed E-state index contributed by atoms with van der Waals surface area (Å²) in [4.78, 5) is 4.49. The zero-order valence-electron chi connectivity index (χ0n) is 11.5. The quantitative estimate of drug-likeness (QED) is 0.882. The van der Waals surface area contributed by atoms with E-state index in [9.17, 15) is 0 Å². The van der Waals surface area contributed by atoms with Gasteiger partial charge in [-0.15, -0.1) is 0 Å². The molecule has 1 saturated heterocycles. The Morgan fingerprint density at radius 2 is 2.00 bits per heavy atom. The molecule has 5 atom stereocenters. The molecule has 3 nitrogen and oxygen atoms in total. The van der Waals surface area contributed by atoms with Crippen molar-refractivity contribution in [3.8, 4) is 0 Å². The monoisotopic (exact) mass is 257 g/mol. The summed E-state index contributed by atoms with van der Waals surface area (Å²) < 4.78 is 2.58. The Hall–Kier alpha value is -0.830. The summed E-state index contributed by atoms with van der Waals surface area (Å²) in [6, 6.07) is 0.825. The zero-order chi connectivity index (χ0) is 12.4. The van der Waals surface area contributed by atoms with Gasteiger partial charge in [-0.2, -0.15) is 0 Å². The maximum absolute atomic E-state index is 4.49. The van der Waals surface area contributed by atoms with Gasteiger partial charge in [0.05, 0.1) is 6.33 Å². The molecule has 1 N–H and O–H groups in total. The summed E-state index contributed by atoms with van der Waals surface area (Å²) in [5, 5.41) is 3.55. The van der Waals surface area contributed by atoms with Gasteiger partial charge in [0.15, 0.2) is 0 Å². The highest BCUT2D eigenvalue weighted by Gasteiger charge is 2.66. The van der Waals surface area contributed by atoms with E-state index in [2.05, 4.69) is 27.4 Å². The molecule has 1 aromatic heterocycles. The second-order valence-electron chi connectivity index (χ2n) is 7.25. The Morgan fingerprint density at radius 1 is 1.16 bits per heavy atom. The molecule has 2 bridgehead atoms. The van der Waals surface area contributed by atoms with Gasteiger partial charge in [0, 0.05) is 30.4 Å². The third-order valence-electron chi connectivity index (χ3n) is 6.43. The van der Waals surface area contributed by atoms with Crippen LogP contribution in [-0.2, 0) is 0 Å². The van der Waals surface area contributed by atoms with Gasteiger partial charge in [0.25, 0.3) is 0 Å². The number of hydrogen-bond donors (Lipinski definition) is 1. The molecule has 1 aliphatic heterocycles. The van der Waals surface area contributed by atoms with E-state index in [1.54, 1.807) is 6.42 Å². The molecule has 3 saturated carbocycles. The molecule has 4 fully saturated rings. The topological polar surface area (TPSA) is 29.9 Å². The average molecular weight is 257 g/mol. The van der Waals surface area contributed by atoms with Crippen LogP contribution in [0.2, 0.25) is 0 Å². The van der Waals surface area contributed by atoms with E-state index in [0.717, 1.165) is 36.3 Å². The molecule has 0 aromatic carbocycles. The minimum absolute atomic E-state index is 0.704. The lowest BCUT2D eigenvalue weighted by atomic mass is 9.96. The van der Waals surface area contributed by atoms with Crippen molar-refractivity contribution in [2.24, 2.45) is 23.7 Å². The lowest BCUT2D eigenvalue weighted by Crippen LogP contribution is -2.29. The summed E-state index contributed by atoms with van der Waals surface area (Å²) in [5.41, 5.74) is 1.52. The number of nitrogens with one attached hydrogen (secondary N) is 1. The highest BCUT2D eigenvalue weighted by atomic mass is 15.1. The van der Waals surface area contributed by atoms with Crippen molar-refractivity contribution < 1.29 is 0 Å². The van der Waals surface area contributed by atoms with Crippen LogP contribution in [0.3, 0.4) is 0 Å². The number of fused-ring (bicyclic) bond motifs is 5. The van der Waals surface area contributed by atoms with Gasteiger partial charge in [-0.1, -0.05) is 0 Å². The standard InChI is InChI=1S/C16H23N3/c1-2-12(7-17-5-1)13-8-18-9-19(13)16-14-10-3-4-11(6-10)15(14)16/h8-12,14-17H,1-7H2. The average Bonchev–Trinajstić information content (AvgIpc) is 2.89. The largest absolute Gasteiger partial charge is 0.331 e. The first-order chi connectivity index (χ1) is 9.43. The van der Waals surface area contributed by atoms with E-state index in [4.69, 9.17) is 0 Å². The first kappa shape index (κ1) is 10.9.